The molecular weight excluding hydrogens is 400 g/mol. The van der Waals surface area contributed by atoms with Gasteiger partial charge in [-0.15, -0.1) is 11.3 Å². The molecule has 5 N–H and O–H groups in total. The number of nitrogens with one attached hydrogen (secondary N) is 1. The van der Waals surface area contributed by atoms with Gasteiger partial charge in [-0.25, -0.2) is 4.98 Å². The van der Waals surface area contributed by atoms with E-state index in [4.69, 9.17) is 20.9 Å². The van der Waals surface area contributed by atoms with Crippen molar-refractivity contribution in [3.63, 3.8) is 0 Å². The van der Waals surface area contributed by atoms with Crippen LogP contribution in [0.4, 0.5) is 0 Å². The molecule has 1 aromatic carbocycles. The Balaban J connectivity index is 1.82. The summed E-state index contributed by atoms with van der Waals surface area (Å²) in [5.74, 6) is 0.396. The highest BCUT2D eigenvalue weighted by Crippen LogP contribution is 2.31. The van der Waals surface area contributed by atoms with E-state index in [1.165, 1.54) is 4.88 Å². The molecule has 1 saturated heterocycles. The summed E-state index contributed by atoms with van der Waals surface area (Å²) < 4.78 is 11.5. The van der Waals surface area contributed by atoms with E-state index in [1.807, 2.05) is 18.3 Å². The van der Waals surface area contributed by atoms with Gasteiger partial charge in [-0.1, -0.05) is 6.92 Å². The molecule has 0 radical (unpaired) electrons. The number of allylic oxidation sites excluding steroid dienone is 3. The molecular formula is C22H28N4O3S. The summed E-state index contributed by atoms with van der Waals surface area (Å²) in [5, 5.41) is 3.70. The predicted octanol–water partition coefficient (Wildman–Crippen LogP) is 2.98. The number of benzene rings is 1. The normalized spacial score (nSPS) is 17.2. The van der Waals surface area contributed by atoms with Crippen LogP contribution in [0.3, 0.4) is 0 Å². The lowest BCUT2D eigenvalue weighted by Gasteiger charge is -2.14. The van der Waals surface area contributed by atoms with Crippen molar-refractivity contribution >= 4 is 17.2 Å². The Morgan fingerprint density at radius 1 is 1.37 bits per heavy atom. The van der Waals surface area contributed by atoms with E-state index >= 15 is 0 Å². The minimum atomic E-state index is -0.235. The highest BCUT2D eigenvalue weighted by atomic mass is 32.1. The van der Waals surface area contributed by atoms with Gasteiger partial charge in [0.25, 0.3) is 5.91 Å². The Bertz CT molecular complexity index is 942. The molecule has 0 spiro atoms. The fourth-order valence-electron chi connectivity index (χ4n) is 2.91. The van der Waals surface area contributed by atoms with Crippen LogP contribution in [0.1, 0.15) is 35.5 Å². The van der Waals surface area contributed by atoms with Gasteiger partial charge in [0.1, 0.15) is 16.9 Å². The monoisotopic (exact) mass is 428 g/mol. The zero-order valence-electron chi connectivity index (χ0n) is 17.3. The van der Waals surface area contributed by atoms with E-state index in [9.17, 15) is 4.79 Å². The van der Waals surface area contributed by atoms with Crippen molar-refractivity contribution in [2.75, 3.05) is 19.8 Å². The third kappa shape index (κ3) is 6.08. The molecule has 1 aromatic heterocycles. The van der Waals surface area contributed by atoms with Crippen LogP contribution in [0.2, 0.25) is 0 Å². The predicted molar refractivity (Wildman–Crippen MR) is 119 cm³/mol. The van der Waals surface area contributed by atoms with Crippen LogP contribution in [0.25, 0.3) is 10.6 Å². The molecule has 0 bridgehead atoms. The molecule has 3 rings (SSSR count). The number of amides is 1. The lowest BCUT2D eigenvalue weighted by Crippen LogP contribution is -2.28. The molecule has 7 nitrogen and oxygen atoms in total. The second-order valence-corrected chi connectivity index (χ2v) is 8.28. The van der Waals surface area contributed by atoms with E-state index in [-0.39, 0.29) is 18.6 Å². The number of rotatable bonds is 8. The Morgan fingerprint density at radius 3 is 2.87 bits per heavy atom. The van der Waals surface area contributed by atoms with Crippen LogP contribution in [0, 0.1) is 0 Å². The van der Waals surface area contributed by atoms with E-state index in [2.05, 4.69) is 17.2 Å². The van der Waals surface area contributed by atoms with Crippen molar-refractivity contribution < 1.29 is 14.3 Å². The van der Waals surface area contributed by atoms with Crippen molar-refractivity contribution in [1.82, 2.24) is 10.3 Å². The van der Waals surface area contributed by atoms with Crippen LogP contribution in [-0.2, 0) is 11.2 Å². The van der Waals surface area contributed by atoms with Gasteiger partial charge in [0, 0.05) is 40.0 Å². The fraction of sp³-hybridized carbons (Fsp3) is 0.364. The van der Waals surface area contributed by atoms with Gasteiger partial charge in [0.2, 0.25) is 0 Å². The third-order valence-electron chi connectivity index (χ3n) is 4.52. The Hall–Kier alpha value is -2.84. The van der Waals surface area contributed by atoms with Gasteiger partial charge in [-0.3, -0.25) is 4.79 Å². The zero-order valence-corrected chi connectivity index (χ0v) is 18.1. The number of hydrogen-bond acceptors (Lipinski definition) is 7. The van der Waals surface area contributed by atoms with Gasteiger partial charge in [-0.2, -0.15) is 0 Å². The molecule has 8 heteroatoms. The molecule has 1 fully saturated rings. The number of carbonyl (C=O) groups is 1. The maximum Gasteiger partial charge on any atom is 0.251 e. The zero-order chi connectivity index (χ0) is 21.5. The number of aromatic nitrogens is 1. The van der Waals surface area contributed by atoms with E-state index in [0.29, 0.717) is 35.9 Å². The summed E-state index contributed by atoms with van der Waals surface area (Å²) in [6.07, 6.45) is 7.00. The first kappa shape index (κ1) is 21.9. The quantitative estimate of drug-likeness (QED) is 0.557. The summed E-state index contributed by atoms with van der Waals surface area (Å²) in [5.41, 5.74) is 14.0. The van der Waals surface area contributed by atoms with E-state index in [1.54, 1.807) is 36.5 Å². The number of thiazole rings is 1. The van der Waals surface area contributed by atoms with E-state index < -0.39 is 0 Å². The van der Waals surface area contributed by atoms with Crippen molar-refractivity contribution in [1.29, 1.82) is 0 Å². The summed E-state index contributed by atoms with van der Waals surface area (Å²) in [4.78, 5) is 18.5. The molecule has 30 heavy (non-hydrogen) atoms. The van der Waals surface area contributed by atoms with Crippen LogP contribution in [0.5, 0.6) is 5.75 Å². The maximum absolute atomic E-state index is 12.8. The number of hydrogen-bond donors (Lipinski definition) is 3. The number of aryl methyl sites for hydroxylation is 1. The molecule has 1 aliphatic heterocycles. The van der Waals surface area contributed by atoms with Gasteiger partial charge in [0.15, 0.2) is 0 Å². The molecule has 2 aromatic rings. The first-order valence-electron chi connectivity index (χ1n) is 9.95. The maximum atomic E-state index is 12.8. The average Bonchev–Trinajstić information content (AvgIpc) is 3.42. The van der Waals surface area contributed by atoms with Crippen molar-refractivity contribution in [2.45, 2.75) is 32.8 Å². The largest absolute Gasteiger partial charge is 0.488 e. The van der Waals surface area contributed by atoms with Gasteiger partial charge in [-0.05, 0) is 43.7 Å². The van der Waals surface area contributed by atoms with Crippen LogP contribution in [-0.4, -0.2) is 36.8 Å². The molecule has 1 unspecified atom stereocenters. The Morgan fingerprint density at radius 2 is 2.20 bits per heavy atom. The molecule has 1 atom stereocenters. The molecule has 2 heterocycles. The first-order valence-corrected chi connectivity index (χ1v) is 10.8. The third-order valence-corrected chi connectivity index (χ3v) is 5.71. The highest BCUT2D eigenvalue weighted by Gasteiger charge is 2.19. The number of carbonyl (C=O) groups excluding carboxylic acids is 1. The SMILES string of the molecule is CCc1cnc(-c2cc(OC3CCOC3)cc(C(=O)NC/C(N)=C/C=C(/C)N)c2)s1. The molecule has 1 aliphatic rings. The lowest BCUT2D eigenvalue weighted by molar-refractivity contribution is 0.0955. The summed E-state index contributed by atoms with van der Waals surface area (Å²) in [6.45, 7) is 5.32. The minimum Gasteiger partial charge on any atom is -0.488 e. The summed E-state index contributed by atoms with van der Waals surface area (Å²) in [6, 6.07) is 5.50. The summed E-state index contributed by atoms with van der Waals surface area (Å²) in [7, 11) is 0. The van der Waals surface area contributed by atoms with Gasteiger partial charge in [0.05, 0.1) is 19.8 Å². The fourth-order valence-corrected chi connectivity index (χ4v) is 3.75. The van der Waals surface area contributed by atoms with E-state index in [0.717, 1.165) is 23.4 Å². The van der Waals surface area contributed by atoms with Crippen molar-refractivity contribution in [3.8, 4) is 16.3 Å². The van der Waals surface area contributed by atoms with Gasteiger partial charge >= 0.3 is 0 Å². The topological polar surface area (TPSA) is 112 Å². The first-order chi connectivity index (χ1) is 14.4. The van der Waals surface area contributed by atoms with Crippen LogP contribution >= 0.6 is 11.3 Å². The van der Waals surface area contributed by atoms with Crippen molar-refractivity contribution in [2.24, 2.45) is 11.5 Å². The standard InChI is InChI=1S/C22H28N4O3S/c1-3-20-12-26-22(30-20)16-8-15(9-19(10-16)29-18-6-7-28-13-18)21(27)25-11-17(24)5-4-14(2)23/h4-5,8-10,12,18H,3,6-7,11,13,23-24H2,1-2H3,(H,25,27)/b14-4-,17-5-. The summed E-state index contributed by atoms with van der Waals surface area (Å²) >= 11 is 1.61. The van der Waals surface area contributed by atoms with Gasteiger partial charge < -0.3 is 26.3 Å². The Kier molecular flexibility index (Phi) is 7.48. The smallest absolute Gasteiger partial charge is 0.251 e. The average molecular weight is 429 g/mol. The Labute approximate surface area is 180 Å². The van der Waals surface area contributed by atoms with Crippen LogP contribution in [0.15, 0.2) is 47.9 Å². The minimum absolute atomic E-state index is 0.0106. The number of ether oxygens (including phenoxy) is 2. The number of nitrogens with two attached hydrogens (primary N) is 2. The molecule has 160 valence electrons. The van der Waals surface area contributed by atoms with Crippen LogP contribution < -0.4 is 21.5 Å². The second kappa shape index (κ2) is 10.3. The molecule has 0 saturated carbocycles. The van der Waals surface area contributed by atoms with Crippen molar-refractivity contribution in [3.05, 3.63) is 58.4 Å². The molecule has 0 aliphatic carbocycles. The lowest BCUT2D eigenvalue weighted by atomic mass is 10.1. The second-order valence-electron chi connectivity index (χ2n) is 7.17. The molecule has 1 amide bonds. The number of nitrogens with zero attached hydrogens (tertiary/aromatic N) is 1. The highest BCUT2D eigenvalue weighted by molar-refractivity contribution is 7.15.